The first-order valence-electron chi connectivity index (χ1n) is 9.93. The molecule has 0 unspecified atom stereocenters. The summed E-state index contributed by atoms with van der Waals surface area (Å²) in [5.74, 6) is 0.578. The normalized spacial score (nSPS) is 11.1. The van der Waals surface area contributed by atoms with Crippen molar-refractivity contribution >= 4 is 40.8 Å². The molecule has 0 aliphatic carbocycles. The predicted molar refractivity (Wildman–Crippen MR) is 129 cm³/mol. The van der Waals surface area contributed by atoms with E-state index in [2.05, 4.69) is 15.3 Å². The Labute approximate surface area is 195 Å². The van der Waals surface area contributed by atoms with Crippen molar-refractivity contribution in [2.75, 3.05) is 5.32 Å². The van der Waals surface area contributed by atoms with E-state index in [0.717, 1.165) is 37.8 Å². The fraction of sp³-hybridized carbons (Fsp3) is 0.125. The van der Waals surface area contributed by atoms with E-state index in [1.807, 2.05) is 78.6 Å². The highest BCUT2D eigenvalue weighted by molar-refractivity contribution is 7.99. The highest BCUT2D eigenvalue weighted by Crippen LogP contribution is 2.26. The number of nitrogens with zero attached hydrogens (tertiary/aromatic N) is 3. The zero-order valence-corrected chi connectivity index (χ0v) is 19.3. The van der Waals surface area contributed by atoms with Gasteiger partial charge in [0.15, 0.2) is 5.16 Å². The van der Waals surface area contributed by atoms with Gasteiger partial charge in [0.05, 0.1) is 10.7 Å². The lowest BCUT2D eigenvalue weighted by atomic mass is 10.2. The van der Waals surface area contributed by atoms with Gasteiger partial charge in [0, 0.05) is 41.5 Å². The molecule has 1 N–H and O–H groups in total. The Kier molecular flexibility index (Phi) is 7.03. The molecule has 4 rings (SSSR count). The third-order valence-electron chi connectivity index (χ3n) is 4.47. The molecule has 32 heavy (non-hydrogen) atoms. The number of amides is 1. The van der Waals surface area contributed by atoms with E-state index >= 15 is 0 Å². The largest absolute Gasteiger partial charge is 0.487 e. The van der Waals surface area contributed by atoms with E-state index in [9.17, 15) is 4.79 Å². The van der Waals surface area contributed by atoms with Gasteiger partial charge in [0.25, 0.3) is 0 Å². The fourth-order valence-corrected chi connectivity index (χ4v) is 4.22. The molecule has 4 aromatic rings. The molecule has 0 bridgehead atoms. The minimum atomic E-state index is -0.186. The summed E-state index contributed by atoms with van der Waals surface area (Å²) in [4.78, 5) is 22.0. The van der Waals surface area contributed by atoms with Gasteiger partial charge in [0.1, 0.15) is 12.4 Å². The summed E-state index contributed by atoms with van der Waals surface area (Å²) in [5.41, 5.74) is 2.58. The zero-order chi connectivity index (χ0) is 22.3. The van der Waals surface area contributed by atoms with Crippen molar-refractivity contribution in [3.63, 3.8) is 0 Å². The van der Waals surface area contributed by atoms with Gasteiger partial charge in [-0.1, -0.05) is 23.9 Å². The molecule has 0 aliphatic rings. The van der Waals surface area contributed by atoms with Gasteiger partial charge in [-0.3, -0.25) is 4.79 Å². The van der Waals surface area contributed by atoms with Crippen molar-refractivity contribution in [3.05, 3.63) is 88.6 Å². The van der Waals surface area contributed by atoms with Crippen LogP contribution in [0.25, 0.3) is 6.08 Å². The monoisotopic (exact) mass is 462 g/mol. The number of imidazole rings is 1. The number of benzene rings is 2. The second kappa shape index (κ2) is 10.3. The number of hydrogen-bond donors (Lipinski definition) is 1. The first-order chi connectivity index (χ1) is 15.5. The second-order valence-corrected chi connectivity index (χ2v) is 9.09. The van der Waals surface area contributed by atoms with Crippen molar-refractivity contribution in [1.82, 2.24) is 14.5 Å². The van der Waals surface area contributed by atoms with E-state index in [1.54, 1.807) is 35.4 Å². The summed E-state index contributed by atoms with van der Waals surface area (Å²) in [7, 11) is 1.96. The second-order valence-electron chi connectivity index (χ2n) is 6.99. The third kappa shape index (κ3) is 6.09. The smallest absolute Gasteiger partial charge is 0.248 e. The number of carbonyl (C=O) groups excluding carboxylic acids is 1. The van der Waals surface area contributed by atoms with Crippen LogP contribution in [-0.2, 0) is 18.4 Å². The predicted octanol–water partition coefficient (Wildman–Crippen LogP) is 5.57. The lowest BCUT2D eigenvalue weighted by Gasteiger charge is -2.05. The number of carbonyl (C=O) groups is 1. The summed E-state index contributed by atoms with van der Waals surface area (Å²) in [6, 6.07) is 15.3. The Morgan fingerprint density at radius 2 is 1.97 bits per heavy atom. The fourth-order valence-electron chi connectivity index (χ4n) is 2.82. The number of nitrogens with one attached hydrogen (secondary N) is 1. The van der Waals surface area contributed by atoms with Crippen molar-refractivity contribution in [1.29, 1.82) is 0 Å². The van der Waals surface area contributed by atoms with Crippen LogP contribution in [0, 0.1) is 6.92 Å². The number of ether oxygens (including phenoxy) is 1. The molecule has 2 heterocycles. The number of anilines is 1. The van der Waals surface area contributed by atoms with Gasteiger partial charge in [-0.25, -0.2) is 9.97 Å². The average Bonchev–Trinajstić information content (AvgIpc) is 3.40. The van der Waals surface area contributed by atoms with Crippen LogP contribution in [0.5, 0.6) is 5.75 Å². The highest BCUT2D eigenvalue weighted by Gasteiger charge is 2.04. The molecule has 1 amide bonds. The Bertz CT molecular complexity index is 1210. The van der Waals surface area contributed by atoms with Gasteiger partial charge >= 0.3 is 0 Å². The lowest BCUT2D eigenvalue weighted by Crippen LogP contribution is -2.07. The third-order valence-corrected chi connectivity index (χ3v) is 6.37. The Morgan fingerprint density at radius 1 is 1.19 bits per heavy atom. The molecule has 0 saturated heterocycles. The van der Waals surface area contributed by atoms with Crippen LogP contribution in [0.3, 0.4) is 0 Å². The molecule has 0 spiro atoms. The van der Waals surface area contributed by atoms with Gasteiger partial charge in [-0.2, -0.15) is 0 Å². The average molecular weight is 463 g/mol. The highest BCUT2D eigenvalue weighted by atomic mass is 32.2. The van der Waals surface area contributed by atoms with Gasteiger partial charge in [0.2, 0.25) is 5.91 Å². The molecule has 162 valence electrons. The minimum absolute atomic E-state index is 0.186. The van der Waals surface area contributed by atoms with Crippen molar-refractivity contribution < 1.29 is 9.53 Å². The molecular formula is C24H22N4O2S2. The standard InChI is InChI=1S/C24H22N4O2S2/c1-17-26-20(16-31-17)15-30-21-8-3-18(4-9-21)5-12-23(29)27-19-6-10-22(11-7-19)32-24-25-13-14-28(24)2/h3-14,16H,15H2,1-2H3,(H,27,29)/b12-5+. The van der Waals surface area contributed by atoms with Crippen molar-refractivity contribution in [2.24, 2.45) is 7.05 Å². The van der Waals surface area contributed by atoms with Gasteiger partial charge in [-0.05, 0) is 55.0 Å². The Hall–Kier alpha value is -3.36. The molecule has 2 aromatic heterocycles. The molecular weight excluding hydrogens is 440 g/mol. The number of aromatic nitrogens is 3. The Balaban J connectivity index is 1.27. The maximum atomic E-state index is 12.3. The maximum absolute atomic E-state index is 12.3. The number of aryl methyl sites for hydroxylation is 2. The van der Waals surface area contributed by atoms with E-state index in [4.69, 9.17) is 4.74 Å². The zero-order valence-electron chi connectivity index (χ0n) is 17.7. The van der Waals surface area contributed by atoms with Crippen LogP contribution in [0.15, 0.2) is 82.4 Å². The van der Waals surface area contributed by atoms with Crippen LogP contribution in [0.2, 0.25) is 0 Å². The first-order valence-corrected chi connectivity index (χ1v) is 11.6. The summed E-state index contributed by atoms with van der Waals surface area (Å²) in [6.07, 6.45) is 6.97. The van der Waals surface area contributed by atoms with Crippen LogP contribution >= 0.6 is 23.1 Å². The van der Waals surface area contributed by atoms with Crippen molar-refractivity contribution in [3.8, 4) is 5.75 Å². The lowest BCUT2D eigenvalue weighted by molar-refractivity contribution is -0.111. The summed E-state index contributed by atoms with van der Waals surface area (Å²) in [6.45, 7) is 2.42. The van der Waals surface area contributed by atoms with E-state index in [-0.39, 0.29) is 5.91 Å². The molecule has 2 aromatic carbocycles. The first kappa shape index (κ1) is 21.9. The quantitative estimate of drug-likeness (QED) is 0.347. The van der Waals surface area contributed by atoms with Crippen LogP contribution in [0.1, 0.15) is 16.3 Å². The number of rotatable bonds is 8. The Morgan fingerprint density at radius 3 is 2.62 bits per heavy atom. The number of hydrogen-bond acceptors (Lipinski definition) is 6. The molecule has 0 aliphatic heterocycles. The minimum Gasteiger partial charge on any atom is -0.487 e. The van der Waals surface area contributed by atoms with E-state index < -0.39 is 0 Å². The molecule has 0 fully saturated rings. The van der Waals surface area contributed by atoms with Crippen molar-refractivity contribution in [2.45, 2.75) is 23.6 Å². The molecule has 8 heteroatoms. The molecule has 0 saturated carbocycles. The SMILES string of the molecule is Cc1nc(COc2ccc(/C=C/C(=O)Nc3ccc(Sc4nccn4C)cc3)cc2)cs1. The van der Waals surface area contributed by atoms with Crippen LogP contribution in [-0.4, -0.2) is 20.4 Å². The van der Waals surface area contributed by atoms with E-state index in [0.29, 0.717) is 6.61 Å². The summed E-state index contributed by atoms with van der Waals surface area (Å²) < 4.78 is 7.71. The molecule has 0 atom stereocenters. The molecule has 6 nitrogen and oxygen atoms in total. The maximum Gasteiger partial charge on any atom is 0.248 e. The van der Waals surface area contributed by atoms with E-state index in [1.165, 1.54) is 6.08 Å². The summed E-state index contributed by atoms with van der Waals surface area (Å²) in [5, 5.41) is 6.82. The topological polar surface area (TPSA) is 69.0 Å². The van der Waals surface area contributed by atoms with Crippen LogP contribution in [0.4, 0.5) is 5.69 Å². The van der Waals surface area contributed by atoms with Gasteiger partial charge < -0.3 is 14.6 Å². The molecule has 0 radical (unpaired) electrons. The van der Waals surface area contributed by atoms with Gasteiger partial charge in [-0.15, -0.1) is 11.3 Å². The van der Waals surface area contributed by atoms with Crippen LogP contribution < -0.4 is 10.1 Å². The summed E-state index contributed by atoms with van der Waals surface area (Å²) >= 11 is 3.18. The number of thiazole rings is 1.